The first-order valence-corrected chi connectivity index (χ1v) is 5.61. The predicted octanol–water partition coefficient (Wildman–Crippen LogP) is 1.77. The first-order chi connectivity index (χ1) is 8.56. The Kier molecular flexibility index (Phi) is 2.17. The van der Waals surface area contributed by atoms with Gasteiger partial charge in [0.25, 0.3) is 0 Å². The van der Waals surface area contributed by atoms with Crippen molar-refractivity contribution < 1.29 is 28.9 Å². The van der Waals surface area contributed by atoms with Gasteiger partial charge < -0.3 is 19.7 Å². The largest absolute Gasteiger partial charge is 0.505 e. The summed E-state index contributed by atoms with van der Waals surface area (Å²) in [6.45, 7) is -0.0963. The van der Waals surface area contributed by atoms with E-state index in [2.05, 4.69) is 0 Å². The number of ether oxygens (including phenoxy) is 2. The molecular weight excluding hydrogens is 243 g/mol. The zero-order valence-electron chi connectivity index (χ0n) is 9.40. The highest BCUT2D eigenvalue weighted by atomic mass is 19.1. The number of carboxylic acids is 1. The average molecular weight is 254 g/mol. The number of benzene rings is 1. The lowest BCUT2D eigenvalue weighted by Gasteiger charge is -2.38. The van der Waals surface area contributed by atoms with Gasteiger partial charge in [-0.3, -0.25) is 4.79 Å². The van der Waals surface area contributed by atoms with Gasteiger partial charge in [0.05, 0.1) is 11.0 Å². The topological polar surface area (TPSA) is 76.0 Å². The van der Waals surface area contributed by atoms with Gasteiger partial charge in [-0.25, -0.2) is 4.39 Å². The van der Waals surface area contributed by atoms with Gasteiger partial charge in [-0.15, -0.1) is 0 Å². The van der Waals surface area contributed by atoms with E-state index in [0.29, 0.717) is 19.3 Å². The molecule has 0 atom stereocenters. The number of phenolic OH excluding ortho intramolecular Hbond substituents is 1. The van der Waals surface area contributed by atoms with Crippen molar-refractivity contribution in [3.8, 4) is 17.2 Å². The molecule has 1 fully saturated rings. The molecular formula is C12H11FO5. The number of halogens is 1. The SMILES string of the molecule is O=C(O)C1(c2c(F)c(O)cc3c2OCO3)CCC1. The van der Waals surface area contributed by atoms with E-state index in [1.807, 2.05) is 0 Å². The summed E-state index contributed by atoms with van der Waals surface area (Å²) in [5, 5.41) is 18.9. The van der Waals surface area contributed by atoms with Crippen LogP contribution in [0.4, 0.5) is 4.39 Å². The van der Waals surface area contributed by atoms with Crippen molar-refractivity contribution >= 4 is 5.97 Å². The molecule has 0 bridgehead atoms. The molecule has 1 heterocycles. The molecule has 3 rings (SSSR count). The zero-order chi connectivity index (χ0) is 12.9. The highest BCUT2D eigenvalue weighted by Crippen LogP contribution is 2.53. The third-order valence-corrected chi connectivity index (χ3v) is 3.68. The van der Waals surface area contributed by atoms with Crippen LogP contribution in [0, 0.1) is 5.82 Å². The van der Waals surface area contributed by atoms with Crippen LogP contribution in [0.5, 0.6) is 17.2 Å². The molecule has 0 aromatic heterocycles. The maximum Gasteiger partial charge on any atom is 0.314 e. The van der Waals surface area contributed by atoms with Gasteiger partial charge in [-0.1, -0.05) is 6.42 Å². The van der Waals surface area contributed by atoms with Gasteiger partial charge in [0.1, 0.15) is 0 Å². The van der Waals surface area contributed by atoms with E-state index in [4.69, 9.17) is 9.47 Å². The molecule has 1 aliphatic heterocycles. The Balaban J connectivity index is 2.25. The molecule has 96 valence electrons. The lowest BCUT2D eigenvalue weighted by atomic mass is 9.64. The molecule has 0 amide bonds. The monoisotopic (exact) mass is 254 g/mol. The van der Waals surface area contributed by atoms with Crippen LogP contribution in [0.2, 0.25) is 0 Å². The van der Waals surface area contributed by atoms with Crippen molar-refractivity contribution in [1.82, 2.24) is 0 Å². The number of fused-ring (bicyclic) bond motifs is 1. The van der Waals surface area contributed by atoms with E-state index in [9.17, 15) is 19.4 Å². The number of carbonyl (C=O) groups is 1. The summed E-state index contributed by atoms with van der Waals surface area (Å²) in [7, 11) is 0. The number of phenols is 1. The minimum Gasteiger partial charge on any atom is -0.505 e. The fraction of sp³-hybridized carbons (Fsp3) is 0.417. The lowest BCUT2D eigenvalue weighted by Crippen LogP contribution is -2.43. The molecule has 0 unspecified atom stereocenters. The molecule has 6 heteroatoms. The van der Waals surface area contributed by atoms with Gasteiger partial charge in [-0.05, 0) is 12.8 Å². The van der Waals surface area contributed by atoms with Gasteiger partial charge in [-0.2, -0.15) is 0 Å². The Hall–Kier alpha value is -1.98. The fourth-order valence-electron chi connectivity index (χ4n) is 2.53. The lowest BCUT2D eigenvalue weighted by molar-refractivity contribution is -0.147. The van der Waals surface area contributed by atoms with Crippen molar-refractivity contribution in [2.24, 2.45) is 0 Å². The van der Waals surface area contributed by atoms with Crippen LogP contribution in [-0.2, 0) is 10.2 Å². The molecule has 0 radical (unpaired) electrons. The first-order valence-electron chi connectivity index (χ1n) is 5.61. The smallest absolute Gasteiger partial charge is 0.314 e. The fourth-order valence-corrected chi connectivity index (χ4v) is 2.53. The minimum absolute atomic E-state index is 0.0891. The molecule has 1 aromatic rings. The molecule has 0 spiro atoms. The molecule has 2 N–H and O–H groups in total. The molecule has 18 heavy (non-hydrogen) atoms. The summed E-state index contributed by atoms with van der Waals surface area (Å²) in [6.07, 6.45) is 1.37. The first kappa shape index (κ1) is 11.1. The third-order valence-electron chi connectivity index (χ3n) is 3.68. The summed E-state index contributed by atoms with van der Waals surface area (Å²) in [6, 6.07) is 1.11. The van der Waals surface area contributed by atoms with Crippen molar-refractivity contribution in [3.05, 3.63) is 17.4 Å². The average Bonchev–Trinajstić information content (AvgIpc) is 2.68. The van der Waals surface area contributed by atoms with Crippen LogP contribution in [0.25, 0.3) is 0 Å². The Morgan fingerprint density at radius 3 is 2.67 bits per heavy atom. The summed E-state index contributed by atoms with van der Waals surface area (Å²) in [4.78, 5) is 11.4. The Labute approximate surface area is 102 Å². The van der Waals surface area contributed by atoms with Crippen LogP contribution in [0.1, 0.15) is 24.8 Å². The van der Waals surface area contributed by atoms with Gasteiger partial charge in [0.15, 0.2) is 23.1 Å². The van der Waals surface area contributed by atoms with Crippen LogP contribution < -0.4 is 9.47 Å². The van der Waals surface area contributed by atoms with Gasteiger partial charge >= 0.3 is 5.97 Å². The summed E-state index contributed by atoms with van der Waals surface area (Å²) < 4.78 is 24.3. The van der Waals surface area contributed by atoms with Crippen LogP contribution in [-0.4, -0.2) is 23.0 Å². The minimum atomic E-state index is -1.30. The molecule has 1 aliphatic carbocycles. The maximum absolute atomic E-state index is 14.1. The predicted molar refractivity (Wildman–Crippen MR) is 57.4 cm³/mol. The Morgan fingerprint density at radius 1 is 1.39 bits per heavy atom. The number of aliphatic carboxylic acids is 1. The van der Waals surface area contributed by atoms with Gasteiger partial charge in [0.2, 0.25) is 6.79 Å². The number of aromatic hydroxyl groups is 1. The van der Waals surface area contributed by atoms with E-state index in [1.165, 1.54) is 0 Å². The second kappa shape index (κ2) is 3.51. The van der Waals surface area contributed by atoms with Gasteiger partial charge in [0, 0.05) is 6.07 Å². The highest BCUT2D eigenvalue weighted by molar-refractivity contribution is 5.85. The van der Waals surface area contributed by atoms with E-state index in [0.717, 1.165) is 6.07 Å². The second-order valence-electron chi connectivity index (χ2n) is 4.56. The Bertz CT molecular complexity index is 536. The normalized spacial score (nSPS) is 19.4. The molecule has 1 saturated carbocycles. The molecule has 2 aliphatic rings. The summed E-state index contributed by atoms with van der Waals surface area (Å²) in [5.41, 5.74) is -1.39. The van der Waals surface area contributed by atoms with Crippen LogP contribution in [0.3, 0.4) is 0 Å². The van der Waals surface area contributed by atoms with E-state index >= 15 is 0 Å². The molecule has 1 aromatic carbocycles. The number of hydrogen-bond donors (Lipinski definition) is 2. The molecule has 0 saturated heterocycles. The number of carboxylic acid groups (broad SMARTS) is 1. The summed E-state index contributed by atoms with van der Waals surface area (Å²) >= 11 is 0. The van der Waals surface area contributed by atoms with E-state index < -0.39 is 23.0 Å². The second-order valence-corrected chi connectivity index (χ2v) is 4.56. The number of rotatable bonds is 2. The van der Waals surface area contributed by atoms with Crippen molar-refractivity contribution in [1.29, 1.82) is 0 Å². The third kappa shape index (κ3) is 1.23. The quantitative estimate of drug-likeness (QED) is 0.841. The van der Waals surface area contributed by atoms with Crippen LogP contribution in [0.15, 0.2) is 6.07 Å². The summed E-state index contributed by atoms with van der Waals surface area (Å²) in [5.74, 6) is -2.34. The Morgan fingerprint density at radius 2 is 2.11 bits per heavy atom. The van der Waals surface area contributed by atoms with E-state index in [1.54, 1.807) is 0 Å². The standard InChI is InChI=1S/C12H11FO5/c13-9-6(14)4-7-10(18-5-17-7)8(9)12(11(15)16)2-1-3-12/h4,14H,1-3,5H2,(H,15,16). The zero-order valence-corrected chi connectivity index (χ0v) is 9.40. The van der Waals surface area contributed by atoms with Crippen molar-refractivity contribution in [2.75, 3.05) is 6.79 Å². The van der Waals surface area contributed by atoms with E-state index in [-0.39, 0.29) is 23.9 Å². The maximum atomic E-state index is 14.1. The highest BCUT2D eigenvalue weighted by Gasteiger charge is 2.51. The van der Waals surface area contributed by atoms with Crippen LogP contribution >= 0.6 is 0 Å². The van der Waals surface area contributed by atoms with Crippen molar-refractivity contribution in [3.63, 3.8) is 0 Å². The number of hydrogen-bond acceptors (Lipinski definition) is 4. The van der Waals surface area contributed by atoms with Crippen molar-refractivity contribution in [2.45, 2.75) is 24.7 Å². The molecule has 5 nitrogen and oxygen atoms in total.